The van der Waals surface area contributed by atoms with Gasteiger partial charge in [0.15, 0.2) is 5.11 Å². The molecule has 0 aliphatic rings. The SMILES string of the molecule is CCCCNC(=S)N(Cc1cccnc1)Cc1cc2cc(OCC)ccc2[nH]c1=O. The summed E-state index contributed by atoms with van der Waals surface area (Å²) in [6.45, 7) is 6.47. The van der Waals surface area contributed by atoms with E-state index in [0.29, 0.717) is 30.4 Å². The first kappa shape index (κ1) is 21.8. The molecule has 7 heteroatoms. The molecule has 2 N–H and O–H groups in total. The lowest BCUT2D eigenvalue weighted by Crippen LogP contribution is -2.40. The maximum absolute atomic E-state index is 12.7. The van der Waals surface area contributed by atoms with E-state index in [1.54, 1.807) is 6.20 Å². The number of ether oxygens (including phenoxy) is 1. The molecule has 0 aliphatic heterocycles. The van der Waals surface area contributed by atoms with E-state index < -0.39 is 0 Å². The van der Waals surface area contributed by atoms with Crippen LogP contribution in [0.1, 0.15) is 37.8 Å². The van der Waals surface area contributed by atoms with Crippen LogP contribution in [0.5, 0.6) is 5.75 Å². The van der Waals surface area contributed by atoms with Crippen molar-refractivity contribution < 1.29 is 4.74 Å². The number of nitrogens with one attached hydrogen (secondary N) is 2. The summed E-state index contributed by atoms with van der Waals surface area (Å²) in [6, 6.07) is 11.5. The summed E-state index contributed by atoms with van der Waals surface area (Å²) in [5.41, 5.74) is 2.36. The molecule has 0 radical (unpaired) electrons. The van der Waals surface area contributed by atoms with Crippen molar-refractivity contribution in [2.24, 2.45) is 0 Å². The maximum atomic E-state index is 12.7. The minimum Gasteiger partial charge on any atom is -0.494 e. The molecule has 158 valence electrons. The predicted octanol–water partition coefficient (Wildman–Crippen LogP) is 4.00. The minimum atomic E-state index is -0.112. The molecule has 6 nitrogen and oxygen atoms in total. The quantitative estimate of drug-likeness (QED) is 0.400. The van der Waals surface area contributed by atoms with Crippen LogP contribution in [0.25, 0.3) is 10.9 Å². The van der Waals surface area contributed by atoms with Crippen molar-refractivity contribution >= 4 is 28.2 Å². The number of aromatic nitrogens is 2. The maximum Gasteiger partial charge on any atom is 0.253 e. The molecule has 0 fully saturated rings. The molecule has 0 bridgehead atoms. The Balaban J connectivity index is 1.87. The van der Waals surface area contributed by atoms with Crippen LogP contribution in [-0.2, 0) is 13.1 Å². The summed E-state index contributed by atoms with van der Waals surface area (Å²) in [5, 5.41) is 4.88. The lowest BCUT2D eigenvalue weighted by molar-refractivity contribution is 0.340. The standard InChI is InChI=1S/C23H28N4O2S/c1-3-5-11-25-23(30)27(15-17-7-6-10-24-14-17)16-19-12-18-13-20(29-4-2)8-9-21(18)26-22(19)28/h6-10,12-14H,3-5,11,15-16H2,1-2H3,(H,25,30)(H,26,28). The second-order valence-electron chi connectivity index (χ2n) is 7.11. The Kier molecular flexibility index (Phi) is 7.79. The number of nitrogens with zero attached hydrogens (tertiary/aromatic N) is 2. The topological polar surface area (TPSA) is 70.2 Å². The zero-order valence-corrected chi connectivity index (χ0v) is 18.3. The first-order chi connectivity index (χ1) is 14.6. The lowest BCUT2D eigenvalue weighted by Gasteiger charge is -2.26. The lowest BCUT2D eigenvalue weighted by atomic mass is 10.1. The highest BCUT2D eigenvalue weighted by Gasteiger charge is 2.14. The molecule has 0 amide bonds. The summed E-state index contributed by atoms with van der Waals surface area (Å²) in [5.74, 6) is 0.784. The van der Waals surface area contributed by atoms with Gasteiger partial charge < -0.3 is 19.9 Å². The third-order valence-electron chi connectivity index (χ3n) is 4.75. The van der Waals surface area contributed by atoms with E-state index in [2.05, 4.69) is 22.2 Å². The van der Waals surface area contributed by atoms with Crippen molar-refractivity contribution in [3.8, 4) is 5.75 Å². The van der Waals surface area contributed by atoms with Crippen molar-refractivity contribution in [1.29, 1.82) is 0 Å². The molecule has 0 saturated heterocycles. The molecule has 3 aromatic rings. The second-order valence-corrected chi connectivity index (χ2v) is 7.50. The largest absolute Gasteiger partial charge is 0.494 e. The van der Waals surface area contributed by atoms with Gasteiger partial charge in [-0.1, -0.05) is 19.4 Å². The number of hydrogen-bond donors (Lipinski definition) is 2. The number of thiocarbonyl (C=S) groups is 1. The Hall–Kier alpha value is -2.93. The van der Waals surface area contributed by atoms with Crippen molar-refractivity contribution in [2.45, 2.75) is 39.8 Å². The summed E-state index contributed by atoms with van der Waals surface area (Å²) in [6.07, 6.45) is 5.69. The van der Waals surface area contributed by atoms with Crippen molar-refractivity contribution in [2.75, 3.05) is 13.2 Å². The number of hydrogen-bond acceptors (Lipinski definition) is 4. The zero-order valence-electron chi connectivity index (χ0n) is 17.5. The summed E-state index contributed by atoms with van der Waals surface area (Å²) >= 11 is 5.64. The molecule has 0 atom stereocenters. The highest BCUT2D eigenvalue weighted by molar-refractivity contribution is 7.80. The van der Waals surface area contributed by atoms with Gasteiger partial charge in [0.05, 0.1) is 13.2 Å². The minimum absolute atomic E-state index is 0.112. The molecule has 2 heterocycles. The van der Waals surface area contributed by atoms with E-state index in [-0.39, 0.29) is 5.56 Å². The molecule has 0 spiro atoms. The Bertz CT molecular complexity index is 1040. The number of fused-ring (bicyclic) bond motifs is 1. The van der Waals surface area contributed by atoms with E-state index in [1.807, 2.05) is 54.4 Å². The number of H-pyrrole nitrogens is 1. The van der Waals surface area contributed by atoms with Crippen LogP contribution in [0.2, 0.25) is 0 Å². The smallest absolute Gasteiger partial charge is 0.253 e. The van der Waals surface area contributed by atoms with E-state index in [0.717, 1.165) is 41.6 Å². The van der Waals surface area contributed by atoms with Crippen molar-refractivity contribution in [3.63, 3.8) is 0 Å². The number of unbranched alkanes of at least 4 members (excludes halogenated alkanes) is 1. The van der Waals surface area contributed by atoms with Gasteiger partial charge in [0.25, 0.3) is 5.56 Å². The first-order valence-electron chi connectivity index (χ1n) is 10.3. The fourth-order valence-corrected chi connectivity index (χ4v) is 3.44. The number of benzene rings is 1. The van der Waals surface area contributed by atoms with Gasteiger partial charge in [-0.2, -0.15) is 0 Å². The van der Waals surface area contributed by atoms with Gasteiger partial charge in [-0.25, -0.2) is 0 Å². The van der Waals surface area contributed by atoms with Gasteiger partial charge in [0.1, 0.15) is 5.75 Å². The highest BCUT2D eigenvalue weighted by atomic mass is 32.1. The highest BCUT2D eigenvalue weighted by Crippen LogP contribution is 2.20. The van der Waals surface area contributed by atoms with Crippen LogP contribution in [0, 0.1) is 0 Å². The van der Waals surface area contributed by atoms with Crippen LogP contribution >= 0.6 is 12.2 Å². The van der Waals surface area contributed by atoms with Crippen molar-refractivity contribution in [3.05, 3.63) is 70.3 Å². The molecule has 2 aromatic heterocycles. The van der Waals surface area contributed by atoms with Gasteiger partial charge in [0, 0.05) is 41.9 Å². The summed E-state index contributed by atoms with van der Waals surface area (Å²) in [7, 11) is 0. The van der Waals surface area contributed by atoms with Gasteiger partial charge in [-0.05, 0) is 61.5 Å². The number of aromatic amines is 1. The van der Waals surface area contributed by atoms with Gasteiger partial charge >= 0.3 is 0 Å². The van der Waals surface area contributed by atoms with E-state index >= 15 is 0 Å². The molecule has 30 heavy (non-hydrogen) atoms. The molecular formula is C23H28N4O2S. The van der Waals surface area contributed by atoms with Crippen LogP contribution < -0.4 is 15.6 Å². The van der Waals surface area contributed by atoms with Crippen LogP contribution in [0.15, 0.2) is 53.6 Å². The zero-order chi connectivity index (χ0) is 21.3. The number of rotatable bonds is 9. The van der Waals surface area contributed by atoms with Gasteiger partial charge in [0.2, 0.25) is 0 Å². The molecular weight excluding hydrogens is 396 g/mol. The Morgan fingerprint density at radius 3 is 2.83 bits per heavy atom. The summed E-state index contributed by atoms with van der Waals surface area (Å²) < 4.78 is 5.60. The van der Waals surface area contributed by atoms with Crippen LogP contribution in [-0.4, -0.2) is 33.1 Å². The summed E-state index contributed by atoms with van der Waals surface area (Å²) in [4.78, 5) is 21.9. The van der Waals surface area contributed by atoms with Gasteiger partial charge in [-0.3, -0.25) is 9.78 Å². The number of pyridine rings is 2. The Morgan fingerprint density at radius 2 is 2.10 bits per heavy atom. The van der Waals surface area contributed by atoms with Crippen LogP contribution in [0.4, 0.5) is 0 Å². The average Bonchev–Trinajstić information content (AvgIpc) is 2.75. The van der Waals surface area contributed by atoms with E-state index in [4.69, 9.17) is 17.0 Å². The average molecular weight is 425 g/mol. The van der Waals surface area contributed by atoms with Crippen LogP contribution in [0.3, 0.4) is 0 Å². The first-order valence-corrected chi connectivity index (χ1v) is 10.7. The Labute approximate surface area is 182 Å². The third kappa shape index (κ3) is 5.79. The predicted molar refractivity (Wildman–Crippen MR) is 125 cm³/mol. The molecule has 0 saturated carbocycles. The van der Waals surface area contributed by atoms with E-state index in [1.165, 1.54) is 0 Å². The van der Waals surface area contributed by atoms with Gasteiger partial charge in [-0.15, -0.1) is 0 Å². The Morgan fingerprint density at radius 1 is 1.23 bits per heavy atom. The second kappa shape index (κ2) is 10.7. The van der Waals surface area contributed by atoms with E-state index in [9.17, 15) is 4.79 Å². The monoisotopic (exact) mass is 424 g/mol. The molecule has 1 aromatic carbocycles. The normalized spacial score (nSPS) is 10.7. The molecule has 0 unspecified atom stereocenters. The molecule has 0 aliphatic carbocycles. The fraction of sp³-hybridized carbons (Fsp3) is 0.348. The third-order valence-corrected chi connectivity index (χ3v) is 5.16. The fourth-order valence-electron chi connectivity index (χ4n) is 3.20. The molecule has 3 rings (SSSR count). The van der Waals surface area contributed by atoms with Crippen molar-refractivity contribution in [1.82, 2.24) is 20.2 Å².